The predicted octanol–water partition coefficient (Wildman–Crippen LogP) is 1.12. The van der Waals surface area contributed by atoms with Gasteiger partial charge in [-0.1, -0.05) is 0 Å². The van der Waals surface area contributed by atoms with E-state index in [0.717, 1.165) is 31.9 Å². The number of anilines is 1. The zero-order valence-electron chi connectivity index (χ0n) is 13.0. The summed E-state index contributed by atoms with van der Waals surface area (Å²) in [6.07, 6.45) is 4.63. The Bertz CT molecular complexity index is 686. The number of hydrogen-bond acceptors (Lipinski definition) is 7. The van der Waals surface area contributed by atoms with Crippen LogP contribution in [0.2, 0.25) is 0 Å². The minimum atomic E-state index is -0.433. The molecule has 3 heterocycles. The Hall–Kier alpha value is -2.54. The van der Waals surface area contributed by atoms with E-state index in [0.29, 0.717) is 23.6 Å². The molecule has 0 spiro atoms. The van der Waals surface area contributed by atoms with Gasteiger partial charge in [-0.15, -0.1) is 0 Å². The highest BCUT2D eigenvalue weighted by Gasteiger charge is 2.18. The van der Waals surface area contributed by atoms with Gasteiger partial charge in [0.2, 0.25) is 0 Å². The molecule has 3 rings (SSSR count). The third-order valence-electron chi connectivity index (χ3n) is 3.68. The Kier molecular flexibility index (Phi) is 4.77. The van der Waals surface area contributed by atoms with Crippen LogP contribution in [0.4, 0.5) is 5.69 Å². The van der Waals surface area contributed by atoms with Crippen LogP contribution in [0, 0.1) is 0 Å². The fourth-order valence-corrected chi connectivity index (χ4v) is 2.56. The van der Waals surface area contributed by atoms with Gasteiger partial charge in [0.05, 0.1) is 12.3 Å². The summed E-state index contributed by atoms with van der Waals surface area (Å²) in [5.41, 5.74) is 2.55. The number of carbonyl (C=O) groups is 1. The number of carbonyl (C=O) groups excluding carboxylic acids is 1. The highest BCUT2D eigenvalue weighted by Crippen LogP contribution is 2.24. The molecule has 1 N–H and O–H groups in total. The summed E-state index contributed by atoms with van der Waals surface area (Å²) in [4.78, 5) is 26.9. The van der Waals surface area contributed by atoms with Crippen LogP contribution in [-0.4, -0.2) is 53.7 Å². The first-order valence-electron chi connectivity index (χ1n) is 7.69. The molecular formula is C16H19N5O2. The van der Waals surface area contributed by atoms with Crippen LogP contribution in [0.25, 0.3) is 11.4 Å². The molecular weight excluding hydrogens is 294 g/mol. The van der Waals surface area contributed by atoms with Crippen LogP contribution in [0.5, 0.6) is 0 Å². The molecule has 1 saturated heterocycles. The molecule has 2 aromatic heterocycles. The third-order valence-corrected chi connectivity index (χ3v) is 3.68. The topological polar surface area (TPSA) is 80.2 Å². The van der Waals surface area contributed by atoms with Crippen molar-refractivity contribution in [1.29, 1.82) is 0 Å². The van der Waals surface area contributed by atoms with E-state index in [1.54, 1.807) is 13.1 Å². The van der Waals surface area contributed by atoms with Crippen LogP contribution < -0.4 is 10.2 Å². The van der Waals surface area contributed by atoms with Crippen molar-refractivity contribution in [2.75, 3.05) is 37.7 Å². The molecule has 23 heavy (non-hydrogen) atoms. The minimum absolute atomic E-state index is 0.307. The molecule has 0 unspecified atom stereocenters. The minimum Gasteiger partial charge on any atom is -0.462 e. The monoisotopic (exact) mass is 313 g/mol. The largest absolute Gasteiger partial charge is 0.462 e. The van der Waals surface area contributed by atoms with Gasteiger partial charge in [0.1, 0.15) is 17.6 Å². The van der Waals surface area contributed by atoms with Gasteiger partial charge in [-0.3, -0.25) is 4.98 Å². The van der Waals surface area contributed by atoms with Gasteiger partial charge in [-0.2, -0.15) is 0 Å². The standard InChI is InChI=1S/C16H19N5O2/c1-2-23-16(22)13-10-18-11-20-15(13)14-9-12(3-4-19-14)21-7-5-17-6-8-21/h3-4,9-11,17H,2,5-8H2,1H3. The summed E-state index contributed by atoms with van der Waals surface area (Å²) < 4.78 is 5.07. The Morgan fingerprint density at radius 1 is 1.35 bits per heavy atom. The van der Waals surface area contributed by atoms with E-state index in [1.807, 2.05) is 12.1 Å². The summed E-state index contributed by atoms with van der Waals surface area (Å²) in [6.45, 7) is 5.88. The number of nitrogens with zero attached hydrogens (tertiary/aromatic N) is 4. The first kappa shape index (κ1) is 15.4. The molecule has 1 aliphatic heterocycles. The fourth-order valence-electron chi connectivity index (χ4n) is 2.56. The van der Waals surface area contributed by atoms with Crippen molar-refractivity contribution in [3.63, 3.8) is 0 Å². The zero-order chi connectivity index (χ0) is 16.1. The van der Waals surface area contributed by atoms with Gasteiger partial charge in [0.15, 0.2) is 0 Å². The van der Waals surface area contributed by atoms with Crippen molar-refractivity contribution in [3.8, 4) is 11.4 Å². The second-order valence-corrected chi connectivity index (χ2v) is 5.14. The van der Waals surface area contributed by atoms with Crippen molar-refractivity contribution >= 4 is 11.7 Å². The molecule has 0 aromatic carbocycles. The lowest BCUT2D eigenvalue weighted by molar-refractivity contribution is 0.0526. The third kappa shape index (κ3) is 3.45. The van der Waals surface area contributed by atoms with Crippen LogP contribution in [-0.2, 0) is 4.74 Å². The Labute approximate surface area is 134 Å². The molecule has 0 bridgehead atoms. The van der Waals surface area contributed by atoms with E-state index in [-0.39, 0.29) is 0 Å². The Morgan fingerprint density at radius 3 is 2.96 bits per heavy atom. The van der Waals surface area contributed by atoms with Crippen LogP contribution in [0.3, 0.4) is 0 Å². The van der Waals surface area contributed by atoms with E-state index < -0.39 is 5.97 Å². The predicted molar refractivity (Wildman–Crippen MR) is 86.3 cm³/mol. The quantitative estimate of drug-likeness (QED) is 0.847. The number of nitrogens with one attached hydrogen (secondary N) is 1. The van der Waals surface area contributed by atoms with Gasteiger partial charge in [-0.25, -0.2) is 14.8 Å². The number of rotatable bonds is 4. The fraction of sp³-hybridized carbons (Fsp3) is 0.375. The molecule has 0 amide bonds. The maximum absolute atomic E-state index is 12.1. The summed E-state index contributed by atoms with van der Waals surface area (Å²) in [6, 6.07) is 3.93. The van der Waals surface area contributed by atoms with Crippen molar-refractivity contribution in [2.24, 2.45) is 0 Å². The molecule has 1 aliphatic rings. The Balaban J connectivity index is 1.94. The molecule has 7 heteroatoms. The highest BCUT2D eigenvalue weighted by molar-refractivity contribution is 5.95. The molecule has 1 fully saturated rings. The van der Waals surface area contributed by atoms with E-state index in [4.69, 9.17) is 4.74 Å². The van der Waals surface area contributed by atoms with E-state index in [9.17, 15) is 4.79 Å². The molecule has 7 nitrogen and oxygen atoms in total. The number of hydrogen-bond donors (Lipinski definition) is 1. The number of aromatic nitrogens is 3. The first-order chi connectivity index (χ1) is 11.3. The molecule has 120 valence electrons. The second kappa shape index (κ2) is 7.15. The van der Waals surface area contributed by atoms with Gasteiger partial charge in [0.25, 0.3) is 0 Å². The lowest BCUT2D eigenvalue weighted by Crippen LogP contribution is -2.43. The number of pyridine rings is 1. The highest BCUT2D eigenvalue weighted by atomic mass is 16.5. The summed E-state index contributed by atoms with van der Waals surface area (Å²) in [5.74, 6) is -0.433. The van der Waals surface area contributed by atoms with E-state index in [1.165, 1.54) is 12.5 Å². The van der Waals surface area contributed by atoms with Gasteiger partial charge < -0.3 is 15.0 Å². The molecule has 0 radical (unpaired) electrons. The number of esters is 1. The SMILES string of the molecule is CCOC(=O)c1cncnc1-c1cc(N2CCNCC2)ccn1. The number of ether oxygens (including phenoxy) is 1. The van der Waals surface area contributed by atoms with Gasteiger partial charge in [-0.05, 0) is 19.1 Å². The molecule has 0 saturated carbocycles. The average molecular weight is 313 g/mol. The van der Waals surface area contributed by atoms with E-state index >= 15 is 0 Å². The molecule has 0 atom stereocenters. The maximum Gasteiger partial charge on any atom is 0.341 e. The molecule has 0 aliphatic carbocycles. The lowest BCUT2D eigenvalue weighted by atomic mass is 10.1. The van der Waals surface area contributed by atoms with Gasteiger partial charge >= 0.3 is 5.97 Å². The zero-order valence-corrected chi connectivity index (χ0v) is 13.0. The summed E-state index contributed by atoms with van der Waals surface area (Å²) in [7, 11) is 0. The van der Waals surface area contributed by atoms with Crippen molar-refractivity contribution in [3.05, 3.63) is 36.4 Å². The first-order valence-corrected chi connectivity index (χ1v) is 7.69. The lowest BCUT2D eigenvalue weighted by Gasteiger charge is -2.29. The van der Waals surface area contributed by atoms with Crippen LogP contribution >= 0.6 is 0 Å². The van der Waals surface area contributed by atoms with Crippen molar-refractivity contribution < 1.29 is 9.53 Å². The van der Waals surface area contributed by atoms with Crippen LogP contribution in [0.1, 0.15) is 17.3 Å². The van der Waals surface area contributed by atoms with Crippen LogP contribution in [0.15, 0.2) is 30.9 Å². The summed E-state index contributed by atoms with van der Waals surface area (Å²) >= 11 is 0. The second-order valence-electron chi connectivity index (χ2n) is 5.14. The van der Waals surface area contributed by atoms with Crippen molar-refractivity contribution in [1.82, 2.24) is 20.3 Å². The van der Waals surface area contributed by atoms with Gasteiger partial charge in [0, 0.05) is 44.3 Å². The maximum atomic E-state index is 12.1. The van der Waals surface area contributed by atoms with E-state index in [2.05, 4.69) is 25.2 Å². The Morgan fingerprint density at radius 2 is 2.17 bits per heavy atom. The molecule has 2 aromatic rings. The smallest absolute Gasteiger partial charge is 0.341 e. The van der Waals surface area contributed by atoms with Crippen molar-refractivity contribution in [2.45, 2.75) is 6.92 Å². The average Bonchev–Trinajstić information content (AvgIpc) is 2.63. The normalized spacial score (nSPS) is 14.6. The summed E-state index contributed by atoms with van der Waals surface area (Å²) in [5, 5.41) is 3.33. The number of piperazine rings is 1.